The third-order valence-electron chi connectivity index (χ3n) is 4.81. The van der Waals surface area contributed by atoms with Gasteiger partial charge in [0.25, 0.3) is 0 Å². The number of aryl methyl sites for hydroxylation is 1. The summed E-state index contributed by atoms with van der Waals surface area (Å²) in [4.78, 5) is 0.494. The maximum absolute atomic E-state index is 11.9. The van der Waals surface area contributed by atoms with Gasteiger partial charge in [-0.15, -0.1) is 0 Å². The Balaban J connectivity index is 2.25. The molecule has 0 unspecified atom stereocenters. The van der Waals surface area contributed by atoms with Gasteiger partial charge in [-0.2, -0.15) is 0 Å². The molecule has 0 saturated carbocycles. The minimum atomic E-state index is -3.05. The zero-order valence-corrected chi connectivity index (χ0v) is 14.7. The fraction of sp³-hybridized carbons (Fsp3) is 0.625. The van der Waals surface area contributed by atoms with E-state index in [-0.39, 0.29) is 23.7 Å². The highest BCUT2D eigenvalue weighted by Gasteiger charge is 2.36. The minimum absolute atomic E-state index is 0.0291. The lowest BCUT2D eigenvalue weighted by atomic mass is 9.61. The highest BCUT2D eigenvalue weighted by molar-refractivity contribution is 7.91. The Hall–Kier alpha value is -0.805. The van der Waals surface area contributed by atoms with Crippen LogP contribution >= 0.6 is 0 Å². The lowest BCUT2D eigenvalue weighted by molar-refractivity contribution is 0.000446. The van der Waals surface area contributed by atoms with Gasteiger partial charge in [0.05, 0.1) is 16.2 Å². The van der Waals surface area contributed by atoms with Crippen molar-refractivity contribution in [2.45, 2.75) is 58.4 Å². The third-order valence-corrected chi connectivity index (χ3v) is 6.62. The maximum atomic E-state index is 11.9. The first-order chi connectivity index (χ1) is 9.44. The highest BCUT2D eigenvalue weighted by atomic mass is 32.2. The summed E-state index contributed by atoms with van der Waals surface area (Å²) in [5, 5.41) is 0. The number of benzene rings is 1. The molecule has 1 aromatic carbocycles. The van der Waals surface area contributed by atoms with Crippen molar-refractivity contribution in [2.24, 2.45) is 5.41 Å². The summed E-state index contributed by atoms with van der Waals surface area (Å²) in [6, 6.07) is 5.60. The minimum Gasteiger partial charge on any atom is -0.426 e. The lowest BCUT2D eigenvalue weighted by Gasteiger charge is -2.40. The van der Waals surface area contributed by atoms with Crippen LogP contribution in [0, 0.1) is 5.41 Å². The molecule has 0 N–H and O–H groups in total. The molecule has 1 heterocycles. The van der Waals surface area contributed by atoms with Crippen LogP contribution in [0.1, 0.15) is 40.2 Å². The molecule has 0 spiro atoms. The topological polar surface area (TPSA) is 43.4 Å². The Morgan fingerprint density at radius 1 is 1.14 bits per heavy atom. The van der Waals surface area contributed by atoms with Crippen LogP contribution in [0.15, 0.2) is 23.1 Å². The molecule has 3 nitrogen and oxygen atoms in total. The number of sulfone groups is 1. The molecule has 0 atom stereocenters. The van der Waals surface area contributed by atoms with Crippen LogP contribution in [-0.4, -0.2) is 26.7 Å². The summed E-state index contributed by atoms with van der Waals surface area (Å²) in [5.74, 6) is 0.231. The monoisotopic (exact) mass is 308 g/mol. The molecule has 0 bridgehead atoms. The molecule has 1 aromatic rings. The van der Waals surface area contributed by atoms with Crippen LogP contribution in [0.5, 0.6) is 0 Å². The standard InChI is InChI=1S/C16H25BO3S/c1-15(2,3)16(4,5)20-17(6)13-7-8-14-12(11-13)9-10-21(14,18)19/h7-8,11H,9-10H2,1-6H3. The van der Waals surface area contributed by atoms with Gasteiger partial charge in [-0.1, -0.05) is 39.7 Å². The summed E-state index contributed by atoms with van der Waals surface area (Å²) >= 11 is 0. The molecule has 1 aliphatic rings. The zero-order valence-electron chi connectivity index (χ0n) is 13.9. The van der Waals surface area contributed by atoms with Crippen LogP contribution in [0.25, 0.3) is 0 Å². The van der Waals surface area contributed by atoms with Gasteiger partial charge in [0, 0.05) is 0 Å². The predicted octanol–water partition coefficient (Wildman–Crippen LogP) is 2.69. The molecule has 0 amide bonds. The molecular weight excluding hydrogens is 283 g/mol. The van der Waals surface area contributed by atoms with E-state index in [1.807, 2.05) is 19.0 Å². The third kappa shape index (κ3) is 3.19. The van der Waals surface area contributed by atoms with Gasteiger partial charge < -0.3 is 4.65 Å². The van der Waals surface area contributed by atoms with Crippen molar-refractivity contribution in [1.82, 2.24) is 0 Å². The molecule has 21 heavy (non-hydrogen) atoms. The first-order valence-corrected chi connectivity index (χ1v) is 9.13. The van der Waals surface area contributed by atoms with Gasteiger partial charge in [0.1, 0.15) is 0 Å². The smallest absolute Gasteiger partial charge is 0.324 e. The summed E-state index contributed by atoms with van der Waals surface area (Å²) in [5.41, 5.74) is 1.73. The second-order valence-electron chi connectivity index (χ2n) is 7.46. The van der Waals surface area contributed by atoms with Crippen LogP contribution in [-0.2, 0) is 20.9 Å². The van der Waals surface area contributed by atoms with Gasteiger partial charge in [-0.05, 0) is 42.8 Å². The van der Waals surface area contributed by atoms with E-state index in [1.165, 1.54) is 0 Å². The van der Waals surface area contributed by atoms with Crippen molar-refractivity contribution in [3.63, 3.8) is 0 Å². The van der Waals surface area contributed by atoms with Gasteiger partial charge in [-0.25, -0.2) is 8.42 Å². The Bertz CT molecular complexity index is 642. The SMILES string of the molecule is CB(OC(C)(C)C(C)(C)C)c1ccc2c(c1)CCS2(=O)=O. The van der Waals surface area contributed by atoms with Gasteiger partial charge in [0.15, 0.2) is 9.84 Å². The zero-order chi connectivity index (χ0) is 16.1. The molecule has 0 aliphatic carbocycles. The van der Waals surface area contributed by atoms with Gasteiger partial charge in [0.2, 0.25) is 0 Å². The van der Waals surface area contributed by atoms with E-state index in [1.54, 1.807) is 6.07 Å². The van der Waals surface area contributed by atoms with Crippen LogP contribution in [0.4, 0.5) is 0 Å². The summed E-state index contributed by atoms with van der Waals surface area (Å²) in [7, 11) is -3.05. The fourth-order valence-corrected chi connectivity index (χ4v) is 3.94. The molecular formula is C16H25BO3S. The van der Waals surface area contributed by atoms with Crippen LogP contribution in [0.3, 0.4) is 0 Å². The molecule has 0 radical (unpaired) electrons. The second-order valence-corrected chi connectivity index (χ2v) is 9.53. The van der Waals surface area contributed by atoms with Crippen LogP contribution < -0.4 is 5.46 Å². The fourth-order valence-electron chi connectivity index (χ4n) is 2.39. The second kappa shape index (κ2) is 5.13. The maximum Gasteiger partial charge on any atom is 0.324 e. The van der Waals surface area contributed by atoms with Gasteiger partial charge in [-0.3, -0.25) is 0 Å². The van der Waals surface area contributed by atoms with Gasteiger partial charge >= 0.3 is 6.92 Å². The van der Waals surface area contributed by atoms with Crippen molar-refractivity contribution in [3.05, 3.63) is 23.8 Å². The van der Waals surface area contributed by atoms with Crippen molar-refractivity contribution < 1.29 is 13.1 Å². The van der Waals surface area contributed by atoms with Crippen molar-refractivity contribution >= 4 is 22.2 Å². The van der Waals surface area contributed by atoms with Crippen LogP contribution in [0.2, 0.25) is 6.82 Å². The van der Waals surface area contributed by atoms with E-state index in [2.05, 4.69) is 34.6 Å². The van der Waals surface area contributed by atoms with E-state index in [0.29, 0.717) is 11.3 Å². The van der Waals surface area contributed by atoms with Crippen molar-refractivity contribution in [3.8, 4) is 0 Å². The molecule has 5 heteroatoms. The molecule has 1 aliphatic heterocycles. The highest BCUT2D eigenvalue weighted by Crippen LogP contribution is 2.33. The Kier molecular flexibility index (Phi) is 4.05. The van der Waals surface area contributed by atoms with E-state index in [4.69, 9.17) is 4.65 Å². The first kappa shape index (κ1) is 16.6. The number of fused-ring (bicyclic) bond motifs is 1. The Labute approximate surface area is 129 Å². The van der Waals surface area contributed by atoms with E-state index >= 15 is 0 Å². The largest absolute Gasteiger partial charge is 0.426 e. The summed E-state index contributed by atoms with van der Waals surface area (Å²) < 4.78 is 30.0. The quantitative estimate of drug-likeness (QED) is 0.806. The normalized spacial score (nSPS) is 17.6. The van der Waals surface area contributed by atoms with E-state index < -0.39 is 9.84 Å². The van der Waals surface area contributed by atoms with E-state index in [9.17, 15) is 8.42 Å². The number of hydrogen-bond acceptors (Lipinski definition) is 3. The molecule has 116 valence electrons. The number of rotatable bonds is 3. The Morgan fingerprint density at radius 2 is 1.76 bits per heavy atom. The predicted molar refractivity (Wildman–Crippen MR) is 88.1 cm³/mol. The lowest BCUT2D eigenvalue weighted by Crippen LogP contribution is -2.47. The van der Waals surface area contributed by atoms with Crippen molar-refractivity contribution in [1.29, 1.82) is 0 Å². The Morgan fingerprint density at radius 3 is 2.33 bits per heavy atom. The molecule has 0 saturated heterocycles. The molecule has 0 aromatic heterocycles. The first-order valence-electron chi connectivity index (χ1n) is 7.47. The van der Waals surface area contributed by atoms with Crippen molar-refractivity contribution in [2.75, 3.05) is 5.75 Å². The average Bonchev–Trinajstić information content (AvgIpc) is 2.63. The summed E-state index contributed by atoms with van der Waals surface area (Å²) in [6.45, 7) is 12.6. The molecule has 2 rings (SSSR count). The molecule has 0 fully saturated rings. The summed E-state index contributed by atoms with van der Waals surface area (Å²) in [6.07, 6.45) is 0.612. The number of hydrogen-bond donors (Lipinski definition) is 0. The van der Waals surface area contributed by atoms with E-state index in [0.717, 1.165) is 11.0 Å². The average molecular weight is 308 g/mol.